The van der Waals surface area contributed by atoms with Gasteiger partial charge >= 0.3 is 0 Å². The number of alkyl halides is 1. The summed E-state index contributed by atoms with van der Waals surface area (Å²) in [6.45, 7) is 0.447. The molecule has 0 fully saturated rings. The Hall–Kier alpha value is -0.220. The molecule has 1 nitrogen and oxygen atoms in total. The molecule has 0 radical (unpaired) electrons. The highest BCUT2D eigenvalue weighted by atomic mass is 79.9. The smallest absolute Gasteiger partial charge is 0.142 e. The molecule has 2 rings (SSSR count). The van der Waals surface area contributed by atoms with Gasteiger partial charge in [0.15, 0.2) is 0 Å². The van der Waals surface area contributed by atoms with Crippen molar-refractivity contribution < 1.29 is 4.74 Å². The van der Waals surface area contributed by atoms with Gasteiger partial charge in [-0.3, -0.25) is 0 Å². The fourth-order valence-electron chi connectivity index (χ4n) is 1.64. The largest absolute Gasteiger partial charge is 0.487 e. The summed E-state index contributed by atoms with van der Waals surface area (Å²) in [4.78, 5) is 0. The molecule has 0 unspecified atom stereocenters. The lowest BCUT2D eigenvalue weighted by molar-refractivity contribution is 0.303. The van der Waals surface area contributed by atoms with E-state index >= 15 is 0 Å². The molecule has 0 bridgehead atoms. The molecule has 0 aromatic heterocycles. The van der Waals surface area contributed by atoms with Gasteiger partial charge < -0.3 is 4.74 Å². The molecule has 2 aromatic carbocycles. The number of ether oxygens (including phenoxy) is 1. The third-order valence-electron chi connectivity index (χ3n) is 2.56. The van der Waals surface area contributed by atoms with Crippen LogP contribution in [-0.4, -0.2) is 0 Å². The second-order valence-corrected chi connectivity index (χ2v) is 6.15. The maximum absolute atomic E-state index is 6.18. The Morgan fingerprint density at radius 1 is 1.05 bits per heavy atom. The van der Waals surface area contributed by atoms with Gasteiger partial charge in [-0.25, -0.2) is 0 Å². The van der Waals surface area contributed by atoms with Crippen LogP contribution < -0.4 is 4.74 Å². The SMILES string of the molecule is Clc1cc(Cl)c(OCc2ccccc2Br)c(CBr)c1. The zero-order chi connectivity index (χ0) is 13.8. The van der Waals surface area contributed by atoms with Crippen LogP contribution in [0.5, 0.6) is 5.75 Å². The third kappa shape index (κ3) is 3.88. The first kappa shape index (κ1) is 15.2. The first-order chi connectivity index (χ1) is 9.11. The normalized spacial score (nSPS) is 10.5. The summed E-state index contributed by atoms with van der Waals surface area (Å²) in [5, 5.41) is 1.76. The summed E-state index contributed by atoms with van der Waals surface area (Å²) >= 11 is 19.1. The molecule has 5 heteroatoms. The van der Waals surface area contributed by atoms with Gasteiger partial charge in [0.2, 0.25) is 0 Å². The van der Waals surface area contributed by atoms with E-state index in [2.05, 4.69) is 31.9 Å². The van der Waals surface area contributed by atoms with Gasteiger partial charge in [0, 0.05) is 26.0 Å². The van der Waals surface area contributed by atoms with Gasteiger partial charge in [0.05, 0.1) is 5.02 Å². The van der Waals surface area contributed by atoms with Crippen molar-refractivity contribution in [3.05, 3.63) is 62.0 Å². The van der Waals surface area contributed by atoms with E-state index in [0.717, 1.165) is 15.6 Å². The van der Waals surface area contributed by atoms with Crippen molar-refractivity contribution in [2.45, 2.75) is 11.9 Å². The predicted molar refractivity (Wildman–Crippen MR) is 87.6 cm³/mol. The van der Waals surface area contributed by atoms with Gasteiger partial charge in [0.25, 0.3) is 0 Å². The van der Waals surface area contributed by atoms with Crippen LogP contribution in [0.4, 0.5) is 0 Å². The Labute approximate surface area is 139 Å². The second kappa shape index (κ2) is 6.98. The second-order valence-electron chi connectivity index (χ2n) is 3.89. The number of benzene rings is 2. The van der Waals surface area contributed by atoms with Crippen molar-refractivity contribution in [2.24, 2.45) is 0 Å². The molecule has 0 spiro atoms. The molecular formula is C14H10Br2Cl2O. The lowest BCUT2D eigenvalue weighted by Crippen LogP contribution is -1.99. The molecule has 0 amide bonds. The van der Waals surface area contributed by atoms with Crippen LogP contribution in [0, 0.1) is 0 Å². The van der Waals surface area contributed by atoms with Crippen LogP contribution >= 0.6 is 55.1 Å². The molecule has 0 N–H and O–H groups in total. The zero-order valence-corrected chi connectivity index (χ0v) is 14.5. The maximum atomic E-state index is 6.18. The first-order valence-corrected chi connectivity index (χ1v) is 8.19. The van der Waals surface area contributed by atoms with Crippen molar-refractivity contribution in [2.75, 3.05) is 0 Å². The van der Waals surface area contributed by atoms with E-state index < -0.39 is 0 Å². The minimum atomic E-state index is 0.447. The van der Waals surface area contributed by atoms with Crippen molar-refractivity contribution in [1.29, 1.82) is 0 Å². The molecule has 0 saturated heterocycles. The van der Waals surface area contributed by atoms with Crippen molar-refractivity contribution in [1.82, 2.24) is 0 Å². The zero-order valence-electron chi connectivity index (χ0n) is 9.80. The van der Waals surface area contributed by atoms with E-state index in [9.17, 15) is 0 Å². The summed E-state index contributed by atoms with van der Waals surface area (Å²) in [6.07, 6.45) is 0. The minimum Gasteiger partial charge on any atom is -0.487 e. The summed E-state index contributed by atoms with van der Waals surface area (Å²) in [5.74, 6) is 0.665. The fourth-order valence-corrected chi connectivity index (χ4v) is 3.05. The van der Waals surface area contributed by atoms with Gasteiger partial charge in [-0.15, -0.1) is 0 Å². The molecule has 0 aliphatic heterocycles. The topological polar surface area (TPSA) is 9.23 Å². The number of hydrogen-bond acceptors (Lipinski definition) is 1. The van der Waals surface area contributed by atoms with Crippen LogP contribution in [0.2, 0.25) is 10.0 Å². The highest BCUT2D eigenvalue weighted by Gasteiger charge is 2.11. The van der Waals surface area contributed by atoms with Gasteiger partial charge in [-0.05, 0) is 18.2 Å². The Balaban J connectivity index is 2.22. The molecule has 0 atom stereocenters. The van der Waals surface area contributed by atoms with Crippen molar-refractivity contribution in [3.63, 3.8) is 0 Å². The number of halogens is 4. The van der Waals surface area contributed by atoms with Crippen LogP contribution in [0.1, 0.15) is 11.1 Å². The Morgan fingerprint density at radius 3 is 2.47 bits per heavy atom. The summed E-state index contributed by atoms with van der Waals surface area (Å²) < 4.78 is 6.84. The van der Waals surface area contributed by atoms with Gasteiger partial charge in [0.1, 0.15) is 12.4 Å². The Bertz CT molecular complexity index is 588. The molecule has 2 aromatic rings. The van der Waals surface area contributed by atoms with E-state index in [0.29, 0.717) is 27.7 Å². The van der Waals surface area contributed by atoms with Gasteiger partial charge in [-0.1, -0.05) is 73.3 Å². The summed E-state index contributed by atoms with van der Waals surface area (Å²) in [6, 6.07) is 11.4. The lowest BCUT2D eigenvalue weighted by Gasteiger charge is -2.13. The van der Waals surface area contributed by atoms with Crippen LogP contribution in [0.15, 0.2) is 40.9 Å². The van der Waals surface area contributed by atoms with Crippen molar-refractivity contribution >= 4 is 55.1 Å². The van der Waals surface area contributed by atoms with E-state index in [4.69, 9.17) is 27.9 Å². The average Bonchev–Trinajstić information content (AvgIpc) is 2.38. The standard InChI is InChI=1S/C14H10Br2Cl2O/c15-7-10-5-11(17)6-13(18)14(10)19-8-9-3-1-2-4-12(9)16/h1-6H,7-8H2. The van der Waals surface area contributed by atoms with Crippen LogP contribution in [-0.2, 0) is 11.9 Å². The molecule has 0 aliphatic carbocycles. The molecule has 0 aliphatic rings. The van der Waals surface area contributed by atoms with E-state index in [-0.39, 0.29) is 0 Å². The maximum Gasteiger partial charge on any atom is 0.142 e. The first-order valence-electron chi connectivity index (χ1n) is 5.52. The van der Waals surface area contributed by atoms with Gasteiger partial charge in [-0.2, -0.15) is 0 Å². The fraction of sp³-hybridized carbons (Fsp3) is 0.143. The average molecular weight is 425 g/mol. The van der Waals surface area contributed by atoms with Crippen molar-refractivity contribution in [3.8, 4) is 5.75 Å². The van der Waals surface area contributed by atoms with E-state index in [1.54, 1.807) is 6.07 Å². The molecule has 0 saturated carbocycles. The van der Waals surface area contributed by atoms with E-state index in [1.807, 2.05) is 30.3 Å². The number of hydrogen-bond donors (Lipinski definition) is 0. The quantitative estimate of drug-likeness (QED) is 0.528. The predicted octanol–water partition coefficient (Wildman–Crippen LogP) is 6.23. The molecule has 19 heavy (non-hydrogen) atoms. The molecule has 100 valence electrons. The lowest BCUT2D eigenvalue weighted by atomic mass is 10.2. The Kier molecular flexibility index (Phi) is 5.58. The monoisotopic (exact) mass is 422 g/mol. The third-order valence-corrected chi connectivity index (χ3v) is 4.44. The van der Waals surface area contributed by atoms with Crippen LogP contribution in [0.25, 0.3) is 0 Å². The molecular weight excluding hydrogens is 415 g/mol. The highest BCUT2D eigenvalue weighted by Crippen LogP contribution is 2.34. The number of rotatable bonds is 4. The minimum absolute atomic E-state index is 0.447. The Morgan fingerprint density at radius 2 is 1.79 bits per heavy atom. The summed E-state index contributed by atoms with van der Waals surface area (Å²) in [7, 11) is 0. The van der Waals surface area contributed by atoms with Crippen LogP contribution in [0.3, 0.4) is 0 Å². The summed E-state index contributed by atoms with van der Waals surface area (Å²) in [5.41, 5.74) is 2.00. The van der Waals surface area contributed by atoms with E-state index in [1.165, 1.54) is 0 Å². The molecule has 0 heterocycles. The highest BCUT2D eigenvalue weighted by molar-refractivity contribution is 9.10.